The summed E-state index contributed by atoms with van der Waals surface area (Å²) >= 11 is 5.95. The molecule has 1 amide bonds. The first kappa shape index (κ1) is 17.1. The maximum Gasteiger partial charge on any atom is 0.238 e. The number of hydrogen-bond acceptors (Lipinski definition) is 4. The Morgan fingerprint density at radius 2 is 2.18 bits per heavy atom. The van der Waals surface area contributed by atoms with E-state index in [1.165, 1.54) is 0 Å². The van der Waals surface area contributed by atoms with Gasteiger partial charge in [0.05, 0.1) is 25.4 Å². The van der Waals surface area contributed by atoms with Crippen LogP contribution in [0.25, 0.3) is 0 Å². The van der Waals surface area contributed by atoms with E-state index in [0.29, 0.717) is 28.9 Å². The summed E-state index contributed by atoms with van der Waals surface area (Å²) in [5.41, 5.74) is 0.582. The van der Waals surface area contributed by atoms with E-state index in [1.807, 2.05) is 6.92 Å². The number of methoxy groups -OCH3 is 1. The van der Waals surface area contributed by atoms with E-state index in [2.05, 4.69) is 10.2 Å². The number of likely N-dealkylation sites (tertiary alicyclic amines) is 1. The zero-order valence-electron chi connectivity index (χ0n) is 13.0. The fourth-order valence-electron chi connectivity index (χ4n) is 2.76. The minimum absolute atomic E-state index is 0.0870. The number of anilines is 1. The molecule has 2 N–H and O–H groups in total. The van der Waals surface area contributed by atoms with Crippen LogP contribution in [0.2, 0.25) is 5.02 Å². The summed E-state index contributed by atoms with van der Waals surface area (Å²) in [5, 5.41) is 13.0. The number of amides is 1. The van der Waals surface area contributed by atoms with Gasteiger partial charge < -0.3 is 15.2 Å². The number of ether oxygens (including phenoxy) is 1. The second-order valence-corrected chi connectivity index (χ2v) is 6.18. The number of carbonyl (C=O) groups excluding carboxylic acids is 1. The van der Waals surface area contributed by atoms with Crippen molar-refractivity contribution in [2.45, 2.75) is 25.9 Å². The minimum Gasteiger partial charge on any atom is -0.495 e. The van der Waals surface area contributed by atoms with Crippen LogP contribution in [0.5, 0.6) is 5.75 Å². The van der Waals surface area contributed by atoms with Crippen LogP contribution < -0.4 is 10.1 Å². The van der Waals surface area contributed by atoms with Crippen molar-refractivity contribution in [3.63, 3.8) is 0 Å². The van der Waals surface area contributed by atoms with Gasteiger partial charge in [-0.05, 0) is 57.0 Å². The Morgan fingerprint density at radius 1 is 1.50 bits per heavy atom. The molecule has 1 aliphatic rings. The number of nitrogens with zero attached hydrogens (tertiary/aromatic N) is 1. The van der Waals surface area contributed by atoms with Crippen molar-refractivity contribution in [1.29, 1.82) is 0 Å². The molecule has 1 unspecified atom stereocenters. The van der Waals surface area contributed by atoms with Crippen LogP contribution in [0.4, 0.5) is 5.69 Å². The lowest BCUT2D eigenvalue weighted by Crippen LogP contribution is -2.41. The van der Waals surface area contributed by atoms with Gasteiger partial charge in [0.2, 0.25) is 5.91 Å². The number of aliphatic hydroxyl groups is 1. The smallest absolute Gasteiger partial charge is 0.238 e. The van der Waals surface area contributed by atoms with Crippen molar-refractivity contribution in [2.24, 2.45) is 5.92 Å². The monoisotopic (exact) mass is 326 g/mol. The lowest BCUT2D eigenvalue weighted by atomic mass is 9.92. The van der Waals surface area contributed by atoms with E-state index in [0.717, 1.165) is 25.9 Å². The zero-order chi connectivity index (χ0) is 16.1. The topological polar surface area (TPSA) is 61.8 Å². The Bertz CT molecular complexity index is 514. The summed E-state index contributed by atoms with van der Waals surface area (Å²) in [6.07, 6.45) is 1.57. The molecule has 1 heterocycles. The maximum absolute atomic E-state index is 12.2. The minimum atomic E-state index is -0.272. The number of nitrogens with one attached hydrogen (secondary N) is 1. The van der Waals surface area contributed by atoms with Gasteiger partial charge >= 0.3 is 0 Å². The first-order valence-electron chi connectivity index (χ1n) is 7.53. The molecule has 22 heavy (non-hydrogen) atoms. The molecule has 2 rings (SSSR count). The van der Waals surface area contributed by atoms with Crippen molar-refractivity contribution in [2.75, 3.05) is 32.1 Å². The van der Waals surface area contributed by atoms with E-state index in [-0.39, 0.29) is 12.0 Å². The van der Waals surface area contributed by atoms with Crippen LogP contribution in [0.3, 0.4) is 0 Å². The zero-order valence-corrected chi connectivity index (χ0v) is 13.8. The number of aliphatic hydroxyl groups excluding tert-OH is 1. The molecule has 0 aliphatic carbocycles. The first-order valence-corrected chi connectivity index (χ1v) is 7.91. The van der Waals surface area contributed by atoms with Gasteiger partial charge in [-0.25, -0.2) is 0 Å². The van der Waals surface area contributed by atoms with Gasteiger partial charge in [0.1, 0.15) is 5.75 Å². The highest BCUT2D eigenvalue weighted by molar-refractivity contribution is 6.31. The second kappa shape index (κ2) is 7.81. The molecule has 5 nitrogen and oxygen atoms in total. The molecule has 1 aromatic rings. The number of halogens is 1. The summed E-state index contributed by atoms with van der Waals surface area (Å²) in [4.78, 5) is 14.3. The van der Waals surface area contributed by atoms with Crippen molar-refractivity contribution in [3.8, 4) is 5.75 Å². The molecular formula is C16H23ClN2O3. The highest BCUT2D eigenvalue weighted by Crippen LogP contribution is 2.27. The normalized spacial score (nSPS) is 18.0. The van der Waals surface area contributed by atoms with E-state index < -0.39 is 0 Å². The lowest BCUT2D eigenvalue weighted by Gasteiger charge is -2.32. The molecule has 1 saturated heterocycles. The Hall–Kier alpha value is -1.30. The summed E-state index contributed by atoms with van der Waals surface area (Å²) < 4.78 is 5.22. The van der Waals surface area contributed by atoms with Gasteiger partial charge in [-0.3, -0.25) is 9.69 Å². The molecule has 1 fully saturated rings. The Kier molecular flexibility index (Phi) is 6.06. The Morgan fingerprint density at radius 3 is 2.77 bits per heavy atom. The van der Waals surface area contributed by atoms with E-state index >= 15 is 0 Å². The number of piperidine rings is 1. The summed E-state index contributed by atoms with van der Waals surface area (Å²) in [6, 6.07) is 5.13. The van der Waals surface area contributed by atoms with Crippen LogP contribution >= 0.6 is 11.6 Å². The van der Waals surface area contributed by atoms with Crippen molar-refractivity contribution >= 4 is 23.2 Å². The first-order chi connectivity index (χ1) is 10.5. The predicted molar refractivity (Wildman–Crippen MR) is 87.5 cm³/mol. The van der Waals surface area contributed by atoms with Gasteiger partial charge in [0, 0.05) is 5.02 Å². The average Bonchev–Trinajstić information content (AvgIpc) is 2.48. The van der Waals surface area contributed by atoms with Crippen LogP contribution in [-0.4, -0.2) is 48.8 Å². The highest BCUT2D eigenvalue weighted by Gasteiger charge is 2.23. The van der Waals surface area contributed by atoms with Gasteiger partial charge in [0.25, 0.3) is 0 Å². The van der Waals surface area contributed by atoms with Crippen molar-refractivity contribution in [1.82, 2.24) is 4.90 Å². The van der Waals surface area contributed by atoms with Gasteiger partial charge in [-0.1, -0.05) is 11.6 Å². The SMILES string of the molecule is COc1ccc(Cl)cc1NC(=O)CN1CCC(C(C)O)CC1. The predicted octanol–water partition coefficient (Wildman–Crippen LogP) is 2.38. The van der Waals surface area contributed by atoms with Gasteiger partial charge in [-0.2, -0.15) is 0 Å². The van der Waals surface area contributed by atoms with Gasteiger partial charge in [0.15, 0.2) is 0 Å². The van der Waals surface area contributed by atoms with E-state index in [9.17, 15) is 9.90 Å². The third kappa shape index (κ3) is 4.60. The number of hydrogen-bond donors (Lipinski definition) is 2. The molecular weight excluding hydrogens is 304 g/mol. The third-order valence-electron chi connectivity index (χ3n) is 4.12. The Balaban J connectivity index is 1.87. The molecule has 0 spiro atoms. The highest BCUT2D eigenvalue weighted by atomic mass is 35.5. The lowest BCUT2D eigenvalue weighted by molar-refractivity contribution is -0.117. The molecule has 1 atom stereocenters. The van der Waals surface area contributed by atoms with Gasteiger partial charge in [-0.15, -0.1) is 0 Å². The third-order valence-corrected chi connectivity index (χ3v) is 4.35. The number of carbonyl (C=O) groups is 1. The molecule has 122 valence electrons. The molecule has 0 bridgehead atoms. The largest absolute Gasteiger partial charge is 0.495 e. The molecule has 1 aromatic carbocycles. The second-order valence-electron chi connectivity index (χ2n) is 5.75. The van der Waals surface area contributed by atoms with Crippen LogP contribution in [0, 0.1) is 5.92 Å². The maximum atomic E-state index is 12.2. The van der Waals surface area contributed by atoms with Crippen LogP contribution in [-0.2, 0) is 4.79 Å². The summed E-state index contributed by atoms with van der Waals surface area (Å²) in [6.45, 7) is 3.83. The molecule has 1 aliphatic heterocycles. The quantitative estimate of drug-likeness (QED) is 0.872. The van der Waals surface area contributed by atoms with Crippen LogP contribution in [0.1, 0.15) is 19.8 Å². The van der Waals surface area contributed by atoms with E-state index in [4.69, 9.17) is 16.3 Å². The van der Waals surface area contributed by atoms with E-state index in [1.54, 1.807) is 25.3 Å². The fraction of sp³-hybridized carbons (Fsp3) is 0.562. The standard InChI is InChI=1S/C16H23ClN2O3/c1-11(20)12-5-7-19(8-6-12)10-16(21)18-14-9-13(17)3-4-15(14)22-2/h3-4,9,11-12,20H,5-8,10H2,1-2H3,(H,18,21). The molecule has 0 saturated carbocycles. The summed E-state index contributed by atoms with van der Waals surface area (Å²) in [5.74, 6) is 0.842. The van der Waals surface area contributed by atoms with Crippen molar-refractivity contribution in [3.05, 3.63) is 23.2 Å². The number of benzene rings is 1. The summed E-state index contributed by atoms with van der Waals surface area (Å²) in [7, 11) is 1.56. The average molecular weight is 327 g/mol. The molecule has 6 heteroatoms. The molecule has 0 aromatic heterocycles. The Labute approximate surface area is 136 Å². The molecule has 0 radical (unpaired) electrons. The van der Waals surface area contributed by atoms with Crippen molar-refractivity contribution < 1.29 is 14.6 Å². The van der Waals surface area contributed by atoms with Crippen LogP contribution in [0.15, 0.2) is 18.2 Å². The fourth-order valence-corrected chi connectivity index (χ4v) is 2.94. The number of rotatable bonds is 5.